The highest BCUT2D eigenvalue weighted by Gasteiger charge is 2.20. The Hall–Kier alpha value is -2.26. The van der Waals surface area contributed by atoms with E-state index in [0.717, 1.165) is 28.5 Å². The molecule has 0 heteroatoms. The lowest BCUT2D eigenvalue weighted by Crippen LogP contribution is -2.15. The maximum Gasteiger partial charge on any atom is 0.0249 e. The quantitative estimate of drug-likeness (QED) is 0.477. The van der Waals surface area contributed by atoms with Crippen molar-refractivity contribution in [2.24, 2.45) is 11.8 Å². The Morgan fingerprint density at radius 1 is 0.815 bits per heavy atom. The van der Waals surface area contributed by atoms with Gasteiger partial charge >= 0.3 is 0 Å². The average Bonchev–Trinajstić information content (AvgIpc) is 2.73. The molecule has 0 radical (unpaired) electrons. The van der Waals surface area contributed by atoms with Gasteiger partial charge in [0, 0.05) is 11.1 Å². The molecule has 27 heavy (non-hydrogen) atoms. The maximum atomic E-state index is 3.78. The lowest BCUT2D eigenvalue weighted by atomic mass is 9.78. The molecule has 0 atom stereocenters. The zero-order valence-corrected chi connectivity index (χ0v) is 16.7. The zero-order valence-electron chi connectivity index (χ0n) is 16.7. The van der Waals surface area contributed by atoms with Crippen LogP contribution in [0.3, 0.4) is 0 Å². The van der Waals surface area contributed by atoms with E-state index in [0.29, 0.717) is 0 Å². The van der Waals surface area contributed by atoms with Crippen LogP contribution in [0.25, 0.3) is 6.08 Å². The second-order valence-corrected chi connectivity index (χ2v) is 7.99. The minimum atomic E-state index is 0.941. The Kier molecular flexibility index (Phi) is 7.35. The van der Waals surface area contributed by atoms with Gasteiger partial charge in [0.05, 0.1) is 0 Å². The van der Waals surface area contributed by atoms with Crippen molar-refractivity contribution in [1.29, 1.82) is 0 Å². The molecule has 1 aliphatic rings. The van der Waals surface area contributed by atoms with Crippen molar-refractivity contribution in [3.63, 3.8) is 0 Å². The van der Waals surface area contributed by atoms with Gasteiger partial charge in [0.2, 0.25) is 0 Å². The Bertz CT molecular complexity index is 760. The van der Waals surface area contributed by atoms with E-state index in [9.17, 15) is 0 Å². The fourth-order valence-corrected chi connectivity index (χ4v) is 4.19. The molecule has 1 fully saturated rings. The van der Waals surface area contributed by atoms with Crippen LogP contribution in [0.4, 0.5) is 0 Å². The van der Waals surface area contributed by atoms with E-state index < -0.39 is 0 Å². The summed E-state index contributed by atoms with van der Waals surface area (Å²) < 4.78 is 0. The molecular weight excluding hydrogens is 324 g/mol. The number of rotatable bonds is 6. The summed E-state index contributed by atoms with van der Waals surface area (Å²) >= 11 is 0. The lowest BCUT2D eigenvalue weighted by molar-refractivity contribution is 0.252. The monoisotopic (exact) mass is 356 g/mol. The second-order valence-electron chi connectivity index (χ2n) is 7.99. The molecule has 140 valence electrons. The van der Waals surface area contributed by atoms with E-state index in [4.69, 9.17) is 0 Å². The standard InChI is InChI=1S/C27H32/c1-3-5-23-10-12-25(13-11-23)16-17-27-20-18-26(19-21-27)15-14-24-8-6-22(4-2)7-9-24/h4,6-9,18-21,23,25H,2-3,5,10-13,16-17H2,1H3. The minimum Gasteiger partial charge on any atom is -0.0985 e. The first-order valence-corrected chi connectivity index (χ1v) is 10.6. The normalized spacial score (nSPS) is 19.1. The first-order chi connectivity index (χ1) is 13.3. The molecule has 3 rings (SSSR count). The summed E-state index contributed by atoms with van der Waals surface area (Å²) in [6.07, 6.45) is 13.0. The van der Waals surface area contributed by atoms with Crippen molar-refractivity contribution >= 4 is 6.08 Å². The number of hydrogen-bond acceptors (Lipinski definition) is 0. The van der Waals surface area contributed by atoms with Crippen LogP contribution >= 0.6 is 0 Å². The Balaban J connectivity index is 1.48. The van der Waals surface area contributed by atoms with Crippen molar-refractivity contribution in [1.82, 2.24) is 0 Å². The third-order valence-corrected chi connectivity index (χ3v) is 5.96. The number of aryl methyl sites for hydroxylation is 1. The molecule has 0 amide bonds. The van der Waals surface area contributed by atoms with Crippen molar-refractivity contribution in [2.45, 2.75) is 58.3 Å². The maximum absolute atomic E-state index is 3.78. The third-order valence-electron chi connectivity index (χ3n) is 5.96. The fraction of sp³-hybridized carbons (Fsp3) is 0.407. The van der Waals surface area contributed by atoms with E-state index in [2.05, 4.69) is 61.7 Å². The Morgan fingerprint density at radius 3 is 1.85 bits per heavy atom. The van der Waals surface area contributed by atoms with Gasteiger partial charge in [-0.25, -0.2) is 0 Å². The molecule has 0 unspecified atom stereocenters. The van der Waals surface area contributed by atoms with Gasteiger partial charge in [-0.2, -0.15) is 0 Å². The molecule has 0 heterocycles. The Labute approximate surface area is 165 Å². The zero-order chi connectivity index (χ0) is 18.9. The molecule has 0 saturated heterocycles. The highest BCUT2D eigenvalue weighted by atomic mass is 14.3. The average molecular weight is 357 g/mol. The van der Waals surface area contributed by atoms with Gasteiger partial charge in [-0.3, -0.25) is 0 Å². The van der Waals surface area contributed by atoms with E-state index in [-0.39, 0.29) is 0 Å². The van der Waals surface area contributed by atoms with Crippen molar-refractivity contribution < 1.29 is 0 Å². The van der Waals surface area contributed by atoms with Crippen LogP contribution in [0, 0.1) is 23.7 Å². The molecule has 0 aromatic heterocycles. The highest BCUT2D eigenvalue weighted by Crippen LogP contribution is 2.33. The van der Waals surface area contributed by atoms with Crippen LogP contribution in [0.15, 0.2) is 55.1 Å². The van der Waals surface area contributed by atoms with Crippen molar-refractivity contribution in [2.75, 3.05) is 0 Å². The summed E-state index contributed by atoms with van der Waals surface area (Å²) in [7, 11) is 0. The lowest BCUT2D eigenvalue weighted by Gasteiger charge is -2.28. The van der Waals surface area contributed by atoms with Gasteiger partial charge in [0.25, 0.3) is 0 Å². The first kappa shape index (κ1) is 19.5. The number of benzene rings is 2. The molecule has 2 aromatic carbocycles. The molecule has 0 N–H and O–H groups in total. The van der Waals surface area contributed by atoms with Gasteiger partial charge in [0.15, 0.2) is 0 Å². The van der Waals surface area contributed by atoms with Gasteiger partial charge in [-0.05, 0) is 60.1 Å². The summed E-state index contributed by atoms with van der Waals surface area (Å²) in [4.78, 5) is 0. The van der Waals surface area contributed by atoms with E-state index >= 15 is 0 Å². The highest BCUT2D eigenvalue weighted by molar-refractivity contribution is 5.50. The Morgan fingerprint density at radius 2 is 1.33 bits per heavy atom. The SMILES string of the molecule is C=Cc1ccc(C#Cc2ccc(CCC3CCC(CCC)CC3)cc2)cc1. The van der Waals surface area contributed by atoms with Crippen LogP contribution in [0.5, 0.6) is 0 Å². The molecule has 0 bridgehead atoms. The summed E-state index contributed by atoms with van der Waals surface area (Å²) in [6, 6.07) is 17.0. The fourth-order valence-electron chi connectivity index (χ4n) is 4.19. The van der Waals surface area contributed by atoms with Crippen molar-refractivity contribution in [3.8, 4) is 11.8 Å². The number of hydrogen-bond donors (Lipinski definition) is 0. The summed E-state index contributed by atoms with van der Waals surface area (Å²) in [5.74, 6) is 8.47. The topological polar surface area (TPSA) is 0 Å². The molecule has 2 aromatic rings. The summed E-state index contributed by atoms with van der Waals surface area (Å²) in [5, 5.41) is 0. The van der Waals surface area contributed by atoms with Crippen LogP contribution < -0.4 is 0 Å². The van der Waals surface area contributed by atoms with Crippen LogP contribution in [-0.2, 0) is 6.42 Å². The summed E-state index contributed by atoms with van der Waals surface area (Å²) in [6.45, 7) is 6.10. The van der Waals surface area contributed by atoms with Crippen LogP contribution in [0.1, 0.15) is 74.1 Å². The largest absolute Gasteiger partial charge is 0.0985 e. The molecule has 0 spiro atoms. The van der Waals surface area contributed by atoms with E-state index in [1.165, 1.54) is 56.9 Å². The van der Waals surface area contributed by atoms with Gasteiger partial charge in [0.1, 0.15) is 0 Å². The smallest absolute Gasteiger partial charge is 0.0249 e. The molecule has 1 saturated carbocycles. The molecule has 1 aliphatic carbocycles. The first-order valence-electron chi connectivity index (χ1n) is 10.6. The summed E-state index contributed by atoms with van der Waals surface area (Å²) in [5.41, 5.74) is 4.71. The van der Waals surface area contributed by atoms with Crippen LogP contribution in [0.2, 0.25) is 0 Å². The predicted molar refractivity (Wildman–Crippen MR) is 118 cm³/mol. The van der Waals surface area contributed by atoms with E-state index in [1.54, 1.807) is 0 Å². The second kappa shape index (κ2) is 10.2. The minimum absolute atomic E-state index is 0.941. The third kappa shape index (κ3) is 6.14. The molecule has 0 aliphatic heterocycles. The van der Waals surface area contributed by atoms with Gasteiger partial charge in [-0.15, -0.1) is 0 Å². The predicted octanol–water partition coefficient (Wildman–Crippen LogP) is 7.27. The molecule has 0 nitrogen and oxygen atoms in total. The van der Waals surface area contributed by atoms with E-state index in [1.807, 2.05) is 18.2 Å². The molecular formula is C27H32. The van der Waals surface area contributed by atoms with Gasteiger partial charge < -0.3 is 0 Å². The van der Waals surface area contributed by atoms with Gasteiger partial charge in [-0.1, -0.05) is 94.2 Å². The van der Waals surface area contributed by atoms with Crippen LogP contribution in [-0.4, -0.2) is 0 Å². The van der Waals surface area contributed by atoms with Crippen molar-refractivity contribution in [3.05, 3.63) is 77.4 Å².